The van der Waals surface area contributed by atoms with Gasteiger partial charge in [-0.15, -0.1) is 0 Å². The van der Waals surface area contributed by atoms with E-state index in [-0.39, 0.29) is 0 Å². The highest BCUT2D eigenvalue weighted by atomic mass is 32.2. The van der Waals surface area contributed by atoms with Crippen molar-refractivity contribution in [2.24, 2.45) is 0 Å². The van der Waals surface area contributed by atoms with Crippen LogP contribution in [-0.4, -0.2) is 30.3 Å². The quantitative estimate of drug-likeness (QED) is 0.943. The minimum Gasteiger partial charge on any atom is -0.353 e. The lowest BCUT2D eigenvalue weighted by Crippen LogP contribution is -2.17. The zero-order valence-corrected chi connectivity index (χ0v) is 12.8. The third kappa shape index (κ3) is 3.10. The molecule has 1 aromatic heterocycles. The molecule has 0 spiro atoms. The number of sulfone groups is 1. The first-order valence-electron chi connectivity index (χ1n) is 7.14. The molecule has 0 aliphatic heterocycles. The summed E-state index contributed by atoms with van der Waals surface area (Å²) in [6.45, 7) is 0. The topological polar surface area (TPSA) is 64.0 Å². The first kappa shape index (κ1) is 14.1. The summed E-state index contributed by atoms with van der Waals surface area (Å²) in [5.74, 6) is 0.814. The third-order valence-electron chi connectivity index (χ3n) is 3.87. The fourth-order valence-electron chi connectivity index (χ4n) is 2.73. The Labute approximate surface area is 124 Å². The van der Waals surface area contributed by atoms with Gasteiger partial charge in [-0.1, -0.05) is 12.8 Å². The maximum Gasteiger partial charge on any atom is 0.207 e. The summed E-state index contributed by atoms with van der Waals surface area (Å²) in [5, 5.41) is 3.47. The standard InChI is InChI=1S/C15H19N3O2S/c1-21(19,20)14-8-6-13(7-9-14)18-11-10-16-15(18)17-12-4-2-3-5-12/h6-12H,2-5H2,1H3,(H,16,17). The highest BCUT2D eigenvalue weighted by Crippen LogP contribution is 2.23. The van der Waals surface area contributed by atoms with E-state index in [0.717, 1.165) is 11.6 Å². The van der Waals surface area contributed by atoms with E-state index in [2.05, 4.69) is 10.3 Å². The van der Waals surface area contributed by atoms with Gasteiger partial charge in [0.2, 0.25) is 5.95 Å². The molecule has 1 heterocycles. The van der Waals surface area contributed by atoms with Gasteiger partial charge in [0.1, 0.15) is 0 Å². The molecule has 112 valence electrons. The average Bonchev–Trinajstić information content (AvgIpc) is 3.10. The molecule has 21 heavy (non-hydrogen) atoms. The van der Waals surface area contributed by atoms with Crippen molar-refractivity contribution in [1.29, 1.82) is 0 Å². The number of anilines is 1. The van der Waals surface area contributed by atoms with E-state index in [0.29, 0.717) is 10.9 Å². The van der Waals surface area contributed by atoms with E-state index in [1.807, 2.05) is 10.8 Å². The fraction of sp³-hybridized carbons (Fsp3) is 0.400. The van der Waals surface area contributed by atoms with Crippen LogP contribution in [0, 0.1) is 0 Å². The predicted octanol–water partition coefficient (Wildman–Crippen LogP) is 2.63. The summed E-state index contributed by atoms with van der Waals surface area (Å²) in [4.78, 5) is 4.69. The smallest absolute Gasteiger partial charge is 0.207 e. The van der Waals surface area contributed by atoms with Crippen molar-refractivity contribution in [3.63, 3.8) is 0 Å². The lowest BCUT2D eigenvalue weighted by Gasteiger charge is -2.14. The number of benzene rings is 1. The summed E-state index contributed by atoms with van der Waals surface area (Å²) < 4.78 is 24.9. The number of aromatic nitrogens is 2. The number of nitrogens with zero attached hydrogens (tertiary/aromatic N) is 2. The van der Waals surface area contributed by atoms with E-state index in [4.69, 9.17) is 0 Å². The van der Waals surface area contributed by atoms with E-state index in [9.17, 15) is 8.42 Å². The van der Waals surface area contributed by atoms with Gasteiger partial charge in [0.25, 0.3) is 0 Å². The van der Waals surface area contributed by atoms with Crippen LogP contribution in [0.15, 0.2) is 41.6 Å². The van der Waals surface area contributed by atoms with Crippen molar-refractivity contribution in [2.75, 3.05) is 11.6 Å². The molecule has 1 fully saturated rings. The molecule has 3 rings (SSSR count). The number of hydrogen-bond acceptors (Lipinski definition) is 4. The van der Waals surface area contributed by atoms with Gasteiger partial charge in [0, 0.05) is 30.4 Å². The van der Waals surface area contributed by atoms with Crippen LogP contribution in [0.5, 0.6) is 0 Å². The number of nitrogens with one attached hydrogen (secondary N) is 1. The molecular weight excluding hydrogens is 286 g/mol. The lowest BCUT2D eigenvalue weighted by molar-refractivity contribution is 0.602. The predicted molar refractivity (Wildman–Crippen MR) is 82.6 cm³/mol. The van der Waals surface area contributed by atoms with Crippen molar-refractivity contribution >= 4 is 15.8 Å². The first-order chi connectivity index (χ1) is 10.0. The molecular formula is C15H19N3O2S. The summed E-state index contributed by atoms with van der Waals surface area (Å²) in [6, 6.07) is 7.35. The third-order valence-corrected chi connectivity index (χ3v) is 5.00. The van der Waals surface area contributed by atoms with E-state index < -0.39 is 9.84 Å². The molecule has 1 N–H and O–H groups in total. The van der Waals surface area contributed by atoms with E-state index in [1.165, 1.54) is 31.9 Å². The van der Waals surface area contributed by atoms with Gasteiger partial charge in [-0.25, -0.2) is 13.4 Å². The van der Waals surface area contributed by atoms with Crippen LogP contribution < -0.4 is 5.32 Å². The monoisotopic (exact) mass is 305 g/mol. The Morgan fingerprint density at radius 2 is 1.86 bits per heavy atom. The van der Waals surface area contributed by atoms with Gasteiger partial charge >= 0.3 is 0 Å². The Kier molecular flexibility index (Phi) is 3.71. The molecule has 6 heteroatoms. The Morgan fingerprint density at radius 1 is 1.19 bits per heavy atom. The van der Waals surface area contributed by atoms with Crippen LogP contribution in [-0.2, 0) is 9.84 Å². The highest BCUT2D eigenvalue weighted by molar-refractivity contribution is 7.90. The minimum absolute atomic E-state index is 0.330. The largest absolute Gasteiger partial charge is 0.353 e. The molecule has 5 nitrogen and oxygen atoms in total. The number of imidazole rings is 1. The van der Waals surface area contributed by atoms with Crippen molar-refractivity contribution < 1.29 is 8.42 Å². The molecule has 0 radical (unpaired) electrons. The lowest BCUT2D eigenvalue weighted by atomic mass is 10.2. The second-order valence-electron chi connectivity index (χ2n) is 5.51. The van der Waals surface area contributed by atoms with Crippen molar-refractivity contribution in [2.45, 2.75) is 36.6 Å². The number of rotatable bonds is 4. The summed E-state index contributed by atoms with van der Waals surface area (Å²) in [6.07, 6.45) is 9.74. The Morgan fingerprint density at radius 3 is 2.48 bits per heavy atom. The van der Waals surface area contributed by atoms with Crippen LogP contribution in [0.3, 0.4) is 0 Å². The fourth-order valence-corrected chi connectivity index (χ4v) is 3.36. The Balaban J connectivity index is 1.85. The van der Waals surface area contributed by atoms with Crippen molar-refractivity contribution in [3.8, 4) is 5.69 Å². The summed E-state index contributed by atoms with van der Waals surface area (Å²) >= 11 is 0. The van der Waals surface area contributed by atoms with Crippen LogP contribution in [0.2, 0.25) is 0 Å². The number of hydrogen-bond donors (Lipinski definition) is 1. The van der Waals surface area contributed by atoms with Crippen molar-refractivity contribution in [1.82, 2.24) is 9.55 Å². The molecule has 1 aliphatic carbocycles. The molecule has 0 atom stereocenters. The van der Waals surface area contributed by atoms with Crippen LogP contribution in [0.25, 0.3) is 5.69 Å². The van der Waals surface area contributed by atoms with Gasteiger partial charge in [-0.3, -0.25) is 4.57 Å². The highest BCUT2D eigenvalue weighted by Gasteiger charge is 2.17. The summed E-state index contributed by atoms with van der Waals surface area (Å²) in [7, 11) is -3.16. The Bertz CT molecular complexity index is 714. The van der Waals surface area contributed by atoms with Crippen LogP contribution in [0.1, 0.15) is 25.7 Å². The van der Waals surface area contributed by atoms with Crippen LogP contribution in [0.4, 0.5) is 5.95 Å². The molecule has 1 saturated carbocycles. The first-order valence-corrected chi connectivity index (χ1v) is 9.03. The second-order valence-corrected chi connectivity index (χ2v) is 7.53. The minimum atomic E-state index is -3.16. The molecule has 0 amide bonds. The van der Waals surface area contributed by atoms with E-state index >= 15 is 0 Å². The second kappa shape index (κ2) is 5.52. The molecule has 1 aromatic carbocycles. The maximum atomic E-state index is 11.5. The summed E-state index contributed by atoms with van der Waals surface area (Å²) in [5.41, 5.74) is 0.903. The van der Waals surface area contributed by atoms with Crippen LogP contribution >= 0.6 is 0 Å². The zero-order valence-electron chi connectivity index (χ0n) is 12.0. The van der Waals surface area contributed by atoms with Gasteiger partial charge in [0.15, 0.2) is 9.84 Å². The molecule has 0 unspecified atom stereocenters. The van der Waals surface area contributed by atoms with Crippen molar-refractivity contribution in [3.05, 3.63) is 36.7 Å². The maximum absolute atomic E-state index is 11.5. The average molecular weight is 305 g/mol. The zero-order chi connectivity index (χ0) is 14.9. The molecule has 0 bridgehead atoms. The Hall–Kier alpha value is -1.82. The van der Waals surface area contributed by atoms with Gasteiger partial charge in [0.05, 0.1) is 4.90 Å². The molecule has 0 saturated heterocycles. The molecule has 1 aliphatic rings. The van der Waals surface area contributed by atoms with E-state index in [1.54, 1.807) is 30.5 Å². The molecule has 2 aromatic rings. The van der Waals surface area contributed by atoms with Gasteiger partial charge in [-0.05, 0) is 37.1 Å². The van der Waals surface area contributed by atoms with Gasteiger partial charge in [-0.2, -0.15) is 0 Å². The normalized spacial score (nSPS) is 16.2. The SMILES string of the molecule is CS(=O)(=O)c1ccc(-n2ccnc2NC2CCCC2)cc1. The van der Waals surface area contributed by atoms with Gasteiger partial charge < -0.3 is 5.32 Å².